The van der Waals surface area contributed by atoms with Crippen LogP contribution in [-0.2, 0) is 9.53 Å². The molecule has 4 nitrogen and oxygen atoms in total. The summed E-state index contributed by atoms with van der Waals surface area (Å²) in [5, 5.41) is 6.43. The number of carbonyl (C=O) groups excluding carboxylic acids is 1. The summed E-state index contributed by atoms with van der Waals surface area (Å²) in [7, 11) is 0. The quantitative estimate of drug-likeness (QED) is 0.727. The molecule has 0 spiro atoms. The van der Waals surface area contributed by atoms with Crippen molar-refractivity contribution in [3.8, 4) is 0 Å². The first-order chi connectivity index (χ1) is 7.77. The maximum Gasteiger partial charge on any atom is 0.249 e. The Morgan fingerprint density at radius 1 is 1.38 bits per heavy atom. The van der Waals surface area contributed by atoms with Crippen molar-refractivity contribution in [1.29, 1.82) is 0 Å². The molecule has 2 heterocycles. The number of hydrogen-bond acceptors (Lipinski definition) is 3. The predicted octanol–water partition coefficient (Wildman–Crippen LogP) is 0.670. The lowest BCUT2D eigenvalue weighted by molar-refractivity contribution is -0.136. The van der Waals surface area contributed by atoms with E-state index in [0.717, 1.165) is 45.4 Å². The summed E-state index contributed by atoms with van der Waals surface area (Å²) in [6.07, 6.45) is 4.00. The van der Waals surface area contributed by atoms with Crippen molar-refractivity contribution in [3.05, 3.63) is 0 Å². The van der Waals surface area contributed by atoms with Crippen molar-refractivity contribution < 1.29 is 9.53 Å². The third kappa shape index (κ3) is 2.95. The van der Waals surface area contributed by atoms with Gasteiger partial charge in [-0.3, -0.25) is 4.79 Å². The van der Waals surface area contributed by atoms with E-state index in [9.17, 15) is 4.79 Å². The number of amides is 1. The third-order valence-electron chi connectivity index (χ3n) is 3.63. The van der Waals surface area contributed by atoms with Gasteiger partial charge in [-0.2, -0.15) is 0 Å². The molecule has 2 aliphatic rings. The molecule has 2 fully saturated rings. The van der Waals surface area contributed by atoms with Crippen LogP contribution in [0.3, 0.4) is 0 Å². The Kier molecular flexibility index (Phi) is 4.18. The minimum atomic E-state index is -0.206. The van der Waals surface area contributed by atoms with Crippen LogP contribution in [0, 0.1) is 5.92 Å². The Morgan fingerprint density at radius 2 is 2.25 bits per heavy atom. The highest BCUT2D eigenvalue weighted by Crippen LogP contribution is 2.15. The van der Waals surface area contributed by atoms with Gasteiger partial charge in [-0.25, -0.2) is 0 Å². The number of ether oxygens (including phenoxy) is 1. The summed E-state index contributed by atoms with van der Waals surface area (Å²) in [5.41, 5.74) is 0. The highest BCUT2D eigenvalue weighted by atomic mass is 16.5. The van der Waals surface area contributed by atoms with Gasteiger partial charge in [0, 0.05) is 19.2 Å². The van der Waals surface area contributed by atoms with Crippen molar-refractivity contribution in [2.75, 3.05) is 19.7 Å². The first-order valence-electron chi connectivity index (χ1n) is 6.40. The van der Waals surface area contributed by atoms with Crippen LogP contribution in [0.4, 0.5) is 0 Å². The Labute approximate surface area is 97.1 Å². The first-order valence-corrected chi connectivity index (χ1v) is 6.40. The number of hydrogen-bond donors (Lipinski definition) is 2. The molecule has 4 heteroatoms. The van der Waals surface area contributed by atoms with E-state index in [1.54, 1.807) is 0 Å². The predicted molar refractivity (Wildman–Crippen MR) is 62.2 cm³/mol. The zero-order valence-electron chi connectivity index (χ0n) is 10.00. The summed E-state index contributed by atoms with van der Waals surface area (Å²) < 4.78 is 5.48. The summed E-state index contributed by atoms with van der Waals surface area (Å²) >= 11 is 0. The lowest BCUT2D eigenvalue weighted by Crippen LogP contribution is -2.53. The summed E-state index contributed by atoms with van der Waals surface area (Å²) in [4.78, 5) is 11.9. The molecule has 3 atom stereocenters. The second-order valence-corrected chi connectivity index (χ2v) is 4.94. The minimum Gasteiger partial charge on any atom is -0.368 e. The number of nitrogens with one attached hydrogen (secondary N) is 2. The van der Waals surface area contributed by atoms with Crippen LogP contribution in [0.15, 0.2) is 0 Å². The van der Waals surface area contributed by atoms with Crippen LogP contribution >= 0.6 is 0 Å². The van der Waals surface area contributed by atoms with E-state index < -0.39 is 0 Å². The average molecular weight is 226 g/mol. The molecule has 0 aromatic carbocycles. The second kappa shape index (κ2) is 5.64. The zero-order valence-corrected chi connectivity index (χ0v) is 10.00. The Hall–Kier alpha value is -0.610. The van der Waals surface area contributed by atoms with Crippen molar-refractivity contribution in [2.24, 2.45) is 5.92 Å². The largest absolute Gasteiger partial charge is 0.368 e. The third-order valence-corrected chi connectivity index (χ3v) is 3.63. The van der Waals surface area contributed by atoms with Crippen LogP contribution in [-0.4, -0.2) is 37.7 Å². The fourth-order valence-corrected chi connectivity index (χ4v) is 2.41. The molecule has 92 valence electrons. The number of rotatable bonds is 2. The topological polar surface area (TPSA) is 50.4 Å². The van der Waals surface area contributed by atoms with Crippen LogP contribution in [0.5, 0.6) is 0 Å². The van der Waals surface area contributed by atoms with Gasteiger partial charge in [0.05, 0.1) is 0 Å². The molecule has 0 aliphatic carbocycles. The molecule has 2 saturated heterocycles. The minimum absolute atomic E-state index is 0.0836. The summed E-state index contributed by atoms with van der Waals surface area (Å²) in [5.74, 6) is 0.647. The maximum absolute atomic E-state index is 11.9. The smallest absolute Gasteiger partial charge is 0.249 e. The van der Waals surface area contributed by atoms with E-state index in [4.69, 9.17) is 4.74 Å². The van der Waals surface area contributed by atoms with Crippen molar-refractivity contribution in [2.45, 2.75) is 44.8 Å². The molecule has 2 rings (SSSR count). The lowest BCUT2D eigenvalue weighted by Gasteiger charge is -2.32. The average Bonchev–Trinajstić information content (AvgIpc) is 2.33. The van der Waals surface area contributed by atoms with Crippen molar-refractivity contribution >= 4 is 5.91 Å². The monoisotopic (exact) mass is 226 g/mol. The molecular weight excluding hydrogens is 204 g/mol. The lowest BCUT2D eigenvalue weighted by atomic mass is 9.94. The fourth-order valence-electron chi connectivity index (χ4n) is 2.41. The van der Waals surface area contributed by atoms with Crippen LogP contribution in [0.2, 0.25) is 0 Å². The fraction of sp³-hybridized carbons (Fsp3) is 0.917. The molecular formula is C12H22N2O2. The zero-order chi connectivity index (χ0) is 11.4. The van der Waals surface area contributed by atoms with Gasteiger partial charge < -0.3 is 15.4 Å². The molecule has 0 radical (unpaired) electrons. The molecule has 3 unspecified atom stereocenters. The van der Waals surface area contributed by atoms with Crippen molar-refractivity contribution in [3.63, 3.8) is 0 Å². The summed E-state index contributed by atoms with van der Waals surface area (Å²) in [6.45, 7) is 4.89. The molecule has 2 aliphatic heterocycles. The van der Waals surface area contributed by atoms with E-state index in [2.05, 4.69) is 17.6 Å². The summed E-state index contributed by atoms with van der Waals surface area (Å²) in [6, 6.07) is 0.270. The van der Waals surface area contributed by atoms with Gasteiger partial charge in [-0.1, -0.05) is 6.92 Å². The van der Waals surface area contributed by atoms with E-state index >= 15 is 0 Å². The van der Waals surface area contributed by atoms with Gasteiger partial charge in [0.15, 0.2) is 0 Å². The van der Waals surface area contributed by atoms with Crippen LogP contribution < -0.4 is 10.6 Å². The van der Waals surface area contributed by atoms with Crippen LogP contribution in [0.25, 0.3) is 0 Å². The molecule has 0 aromatic rings. The van der Waals surface area contributed by atoms with Gasteiger partial charge in [0.2, 0.25) is 5.91 Å². The molecule has 0 aromatic heterocycles. The Morgan fingerprint density at radius 3 is 2.94 bits per heavy atom. The SMILES string of the molecule is CC1CCNCC1NC(=O)C1CCCCO1. The van der Waals surface area contributed by atoms with E-state index in [-0.39, 0.29) is 18.1 Å². The Bertz CT molecular complexity index is 239. The van der Waals surface area contributed by atoms with Gasteiger partial charge in [0.1, 0.15) is 6.10 Å². The molecule has 0 saturated carbocycles. The van der Waals surface area contributed by atoms with E-state index in [0.29, 0.717) is 5.92 Å². The highest BCUT2D eigenvalue weighted by Gasteiger charge is 2.27. The van der Waals surface area contributed by atoms with Crippen LogP contribution in [0.1, 0.15) is 32.6 Å². The van der Waals surface area contributed by atoms with Gasteiger partial charge in [-0.15, -0.1) is 0 Å². The normalized spacial score (nSPS) is 35.7. The second-order valence-electron chi connectivity index (χ2n) is 4.94. The molecule has 16 heavy (non-hydrogen) atoms. The van der Waals surface area contributed by atoms with Crippen molar-refractivity contribution in [1.82, 2.24) is 10.6 Å². The van der Waals surface area contributed by atoms with E-state index in [1.165, 1.54) is 0 Å². The van der Waals surface area contributed by atoms with Gasteiger partial charge >= 0.3 is 0 Å². The first kappa shape index (κ1) is 11.9. The molecule has 2 N–H and O–H groups in total. The van der Waals surface area contributed by atoms with E-state index in [1.807, 2.05) is 0 Å². The number of piperidine rings is 1. The van der Waals surface area contributed by atoms with Gasteiger partial charge in [0.25, 0.3) is 0 Å². The molecule has 0 bridgehead atoms. The Balaban J connectivity index is 1.80. The standard InChI is InChI=1S/C12H22N2O2/c1-9-5-6-13-8-10(9)14-12(15)11-4-2-3-7-16-11/h9-11,13H,2-8H2,1H3,(H,14,15). The molecule has 1 amide bonds. The maximum atomic E-state index is 11.9. The number of carbonyl (C=O) groups is 1. The highest BCUT2D eigenvalue weighted by molar-refractivity contribution is 5.81. The van der Waals surface area contributed by atoms with Gasteiger partial charge in [-0.05, 0) is 38.1 Å².